The summed E-state index contributed by atoms with van der Waals surface area (Å²) in [6.45, 7) is 4.07. The highest BCUT2D eigenvalue weighted by Crippen LogP contribution is 2.27. The molecule has 0 radical (unpaired) electrons. The van der Waals surface area contributed by atoms with Gasteiger partial charge in [0.05, 0.1) is 4.90 Å². The molecular formula is C20H23FN2O3S. The number of halogens is 1. The van der Waals surface area contributed by atoms with Crippen molar-refractivity contribution in [3.05, 3.63) is 59.4 Å². The number of hydrogen-bond acceptors (Lipinski definition) is 3. The molecule has 1 amide bonds. The average molecular weight is 390 g/mol. The van der Waals surface area contributed by atoms with Gasteiger partial charge in [-0.2, -0.15) is 4.31 Å². The van der Waals surface area contributed by atoms with E-state index in [1.807, 2.05) is 31.2 Å². The number of piperidine rings is 1. The SMILES string of the molecule is Cc1cccc(NC(=O)C2CCN(S(=O)(=O)c3ccc(F)cc3C)CC2)c1. The van der Waals surface area contributed by atoms with Gasteiger partial charge in [0.1, 0.15) is 5.82 Å². The van der Waals surface area contributed by atoms with Gasteiger partial charge in [-0.25, -0.2) is 12.8 Å². The normalized spacial score (nSPS) is 16.3. The van der Waals surface area contributed by atoms with Gasteiger partial charge in [-0.3, -0.25) is 4.79 Å². The number of aryl methyl sites for hydroxylation is 2. The summed E-state index contributed by atoms with van der Waals surface area (Å²) >= 11 is 0. The van der Waals surface area contributed by atoms with Crippen LogP contribution in [-0.2, 0) is 14.8 Å². The first kappa shape index (κ1) is 19.5. The van der Waals surface area contributed by atoms with E-state index in [9.17, 15) is 17.6 Å². The van der Waals surface area contributed by atoms with Crippen LogP contribution in [0, 0.1) is 25.6 Å². The third-order valence-corrected chi connectivity index (χ3v) is 6.92. The third-order valence-electron chi connectivity index (χ3n) is 4.87. The maximum Gasteiger partial charge on any atom is 0.243 e. The smallest absolute Gasteiger partial charge is 0.243 e. The van der Waals surface area contributed by atoms with Gasteiger partial charge in [0.25, 0.3) is 0 Å². The number of carbonyl (C=O) groups is 1. The monoisotopic (exact) mass is 390 g/mol. The van der Waals surface area contributed by atoms with Crippen molar-refractivity contribution in [1.82, 2.24) is 4.31 Å². The summed E-state index contributed by atoms with van der Waals surface area (Å²) in [6, 6.07) is 11.2. The maximum atomic E-state index is 13.3. The minimum atomic E-state index is -3.69. The minimum absolute atomic E-state index is 0.0874. The van der Waals surface area contributed by atoms with Crippen LogP contribution in [0.3, 0.4) is 0 Å². The van der Waals surface area contributed by atoms with Crippen molar-refractivity contribution in [3.63, 3.8) is 0 Å². The molecule has 5 nitrogen and oxygen atoms in total. The van der Waals surface area contributed by atoms with E-state index in [-0.39, 0.29) is 29.8 Å². The summed E-state index contributed by atoms with van der Waals surface area (Å²) in [4.78, 5) is 12.6. The van der Waals surface area contributed by atoms with Crippen LogP contribution < -0.4 is 5.32 Å². The van der Waals surface area contributed by atoms with Crippen LogP contribution in [0.15, 0.2) is 47.4 Å². The fourth-order valence-electron chi connectivity index (χ4n) is 3.37. The quantitative estimate of drug-likeness (QED) is 0.869. The van der Waals surface area contributed by atoms with Crippen LogP contribution in [0.4, 0.5) is 10.1 Å². The fourth-order valence-corrected chi connectivity index (χ4v) is 5.04. The van der Waals surface area contributed by atoms with Crippen LogP contribution in [-0.4, -0.2) is 31.7 Å². The molecular weight excluding hydrogens is 367 g/mol. The van der Waals surface area contributed by atoms with E-state index in [4.69, 9.17) is 0 Å². The summed E-state index contributed by atoms with van der Waals surface area (Å²) in [5, 5.41) is 2.90. The lowest BCUT2D eigenvalue weighted by Gasteiger charge is -2.31. The Balaban J connectivity index is 1.65. The molecule has 1 saturated heterocycles. The van der Waals surface area contributed by atoms with Crippen molar-refractivity contribution in [2.24, 2.45) is 5.92 Å². The zero-order chi connectivity index (χ0) is 19.6. The Morgan fingerprint density at radius 2 is 1.81 bits per heavy atom. The maximum absolute atomic E-state index is 13.3. The van der Waals surface area contributed by atoms with Crippen LogP contribution in [0.2, 0.25) is 0 Å². The summed E-state index contributed by atoms with van der Waals surface area (Å²) in [6.07, 6.45) is 0.911. The molecule has 0 aliphatic carbocycles. The predicted octanol–water partition coefficient (Wildman–Crippen LogP) is 3.48. The van der Waals surface area contributed by atoms with Gasteiger partial charge in [0.2, 0.25) is 15.9 Å². The summed E-state index contributed by atoms with van der Waals surface area (Å²) < 4.78 is 40.3. The van der Waals surface area contributed by atoms with Gasteiger partial charge in [-0.1, -0.05) is 12.1 Å². The molecule has 0 spiro atoms. The Bertz CT molecular complexity index is 951. The summed E-state index contributed by atoms with van der Waals surface area (Å²) in [7, 11) is -3.69. The van der Waals surface area contributed by atoms with Gasteiger partial charge in [-0.05, 0) is 68.1 Å². The molecule has 2 aromatic carbocycles. The number of carbonyl (C=O) groups excluding carboxylic acids is 1. The molecule has 1 aliphatic heterocycles. The highest BCUT2D eigenvalue weighted by molar-refractivity contribution is 7.89. The van der Waals surface area contributed by atoms with Crippen LogP contribution in [0.25, 0.3) is 0 Å². The molecule has 1 fully saturated rings. The number of rotatable bonds is 4. The molecule has 3 rings (SSSR count). The molecule has 144 valence electrons. The van der Waals surface area contributed by atoms with Gasteiger partial charge < -0.3 is 5.32 Å². The van der Waals surface area contributed by atoms with Gasteiger partial charge >= 0.3 is 0 Å². The van der Waals surface area contributed by atoms with E-state index >= 15 is 0 Å². The number of nitrogens with one attached hydrogen (secondary N) is 1. The molecule has 0 aromatic heterocycles. The summed E-state index contributed by atoms with van der Waals surface area (Å²) in [5.41, 5.74) is 2.19. The lowest BCUT2D eigenvalue weighted by Crippen LogP contribution is -2.41. The molecule has 1 N–H and O–H groups in total. The number of benzene rings is 2. The Labute approximate surface area is 159 Å². The van der Waals surface area contributed by atoms with Crippen LogP contribution in [0.1, 0.15) is 24.0 Å². The molecule has 0 atom stereocenters. The van der Waals surface area contributed by atoms with E-state index in [2.05, 4.69) is 5.32 Å². The van der Waals surface area contributed by atoms with Gasteiger partial charge in [-0.15, -0.1) is 0 Å². The zero-order valence-electron chi connectivity index (χ0n) is 15.4. The largest absolute Gasteiger partial charge is 0.326 e. The first-order valence-corrected chi connectivity index (χ1v) is 10.4. The fraction of sp³-hybridized carbons (Fsp3) is 0.350. The highest BCUT2D eigenvalue weighted by atomic mass is 32.2. The van der Waals surface area contributed by atoms with Crippen molar-refractivity contribution in [3.8, 4) is 0 Å². The number of hydrogen-bond donors (Lipinski definition) is 1. The van der Waals surface area contributed by atoms with E-state index < -0.39 is 15.8 Å². The molecule has 0 unspecified atom stereocenters. The summed E-state index contributed by atoms with van der Waals surface area (Å²) in [5.74, 6) is -0.778. The second kappa shape index (κ2) is 7.78. The first-order valence-electron chi connectivity index (χ1n) is 8.91. The standard InChI is InChI=1S/C20H23FN2O3S/c1-14-4-3-5-18(12-14)22-20(24)16-8-10-23(11-9-16)27(25,26)19-7-6-17(21)13-15(19)2/h3-7,12-13,16H,8-11H2,1-2H3,(H,22,24). The van der Waals surface area contributed by atoms with E-state index in [0.717, 1.165) is 17.3 Å². The Morgan fingerprint density at radius 3 is 2.44 bits per heavy atom. The Kier molecular flexibility index (Phi) is 5.62. The molecule has 2 aromatic rings. The zero-order valence-corrected chi connectivity index (χ0v) is 16.2. The van der Waals surface area contributed by atoms with Crippen molar-refractivity contribution in [2.45, 2.75) is 31.6 Å². The molecule has 27 heavy (non-hydrogen) atoms. The number of amides is 1. The molecule has 1 aliphatic rings. The predicted molar refractivity (Wildman–Crippen MR) is 102 cm³/mol. The number of anilines is 1. The highest BCUT2D eigenvalue weighted by Gasteiger charge is 2.32. The van der Waals surface area contributed by atoms with Crippen molar-refractivity contribution < 1.29 is 17.6 Å². The van der Waals surface area contributed by atoms with Gasteiger partial charge in [0.15, 0.2) is 0 Å². The molecule has 7 heteroatoms. The van der Waals surface area contributed by atoms with E-state index in [0.29, 0.717) is 18.4 Å². The van der Waals surface area contributed by atoms with E-state index in [1.54, 1.807) is 6.92 Å². The average Bonchev–Trinajstić information content (AvgIpc) is 2.61. The van der Waals surface area contributed by atoms with Crippen LogP contribution >= 0.6 is 0 Å². The molecule has 1 heterocycles. The lowest BCUT2D eigenvalue weighted by atomic mass is 9.97. The lowest BCUT2D eigenvalue weighted by molar-refractivity contribution is -0.120. The number of nitrogens with zero attached hydrogens (tertiary/aromatic N) is 1. The minimum Gasteiger partial charge on any atom is -0.326 e. The first-order chi connectivity index (χ1) is 12.8. The Hall–Kier alpha value is -2.25. The van der Waals surface area contributed by atoms with Gasteiger partial charge in [0, 0.05) is 24.7 Å². The van der Waals surface area contributed by atoms with Crippen LogP contribution in [0.5, 0.6) is 0 Å². The molecule has 0 bridgehead atoms. The second-order valence-electron chi connectivity index (χ2n) is 6.95. The van der Waals surface area contributed by atoms with E-state index in [1.165, 1.54) is 16.4 Å². The third kappa shape index (κ3) is 4.36. The topological polar surface area (TPSA) is 66.5 Å². The van der Waals surface area contributed by atoms with Crippen molar-refractivity contribution >= 4 is 21.6 Å². The Morgan fingerprint density at radius 1 is 1.11 bits per heavy atom. The van der Waals surface area contributed by atoms with Crippen molar-refractivity contribution in [2.75, 3.05) is 18.4 Å². The molecule has 0 saturated carbocycles. The number of sulfonamides is 1. The van der Waals surface area contributed by atoms with Crippen molar-refractivity contribution in [1.29, 1.82) is 0 Å². The second-order valence-corrected chi connectivity index (χ2v) is 8.85.